The molecule has 0 aliphatic heterocycles. The van der Waals surface area contributed by atoms with Crippen molar-refractivity contribution >= 4 is 27.3 Å². The first-order chi connectivity index (χ1) is 5.84. The summed E-state index contributed by atoms with van der Waals surface area (Å²) in [7, 11) is 0. The van der Waals surface area contributed by atoms with Gasteiger partial charge in [-0.15, -0.1) is 11.3 Å². The Kier molecular flexibility index (Phi) is 4.80. The van der Waals surface area contributed by atoms with Crippen LogP contribution < -0.4 is 5.32 Å². The molecule has 12 heavy (non-hydrogen) atoms. The molecule has 0 atom stereocenters. The van der Waals surface area contributed by atoms with Crippen LogP contribution >= 0.6 is 27.3 Å². The first-order valence-electron chi connectivity index (χ1n) is 3.83. The predicted molar refractivity (Wildman–Crippen MR) is 54.3 cm³/mol. The van der Waals surface area contributed by atoms with Gasteiger partial charge in [-0.1, -0.05) is 0 Å². The minimum atomic E-state index is -0.237. The molecule has 1 N–H and O–H groups in total. The van der Waals surface area contributed by atoms with Crippen molar-refractivity contribution in [3.8, 4) is 0 Å². The van der Waals surface area contributed by atoms with E-state index in [1.165, 1.54) is 4.88 Å². The van der Waals surface area contributed by atoms with E-state index in [-0.39, 0.29) is 6.67 Å². The van der Waals surface area contributed by atoms with Gasteiger partial charge in [0.2, 0.25) is 0 Å². The fourth-order valence-electron chi connectivity index (χ4n) is 0.845. The van der Waals surface area contributed by atoms with Gasteiger partial charge in [-0.3, -0.25) is 4.39 Å². The summed E-state index contributed by atoms with van der Waals surface area (Å²) in [4.78, 5) is 1.27. The van der Waals surface area contributed by atoms with Crippen LogP contribution in [-0.2, 0) is 6.54 Å². The maximum absolute atomic E-state index is 11.7. The minimum absolute atomic E-state index is 0.237. The second kappa shape index (κ2) is 5.67. The molecular formula is C8H11BrFNS. The number of alkyl halides is 1. The Morgan fingerprint density at radius 3 is 3.00 bits per heavy atom. The molecule has 0 unspecified atom stereocenters. The highest BCUT2D eigenvalue weighted by Gasteiger charge is 1.99. The molecule has 0 aliphatic rings. The highest BCUT2D eigenvalue weighted by Crippen LogP contribution is 2.21. The molecule has 0 saturated heterocycles. The Hall–Kier alpha value is 0.0700. The van der Waals surface area contributed by atoms with E-state index >= 15 is 0 Å². The van der Waals surface area contributed by atoms with E-state index in [4.69, 9.17) is 0 Å². The number of hydrogen-bond acceptors (Lipinski definition) is 2. The van der Waals surface area contributed by atoms with E-state index in [2.05, 4.69) is 21.2 Å². The van der Waals surface area contributed by atoms with E-state index in [9.17, 15) is 4.39 Å². The van der Waals surface area contributed by atoms with Crippen molar-refractivity contribution in [1.29, 1.82) is 0 Å². The van der Waals surface area contributed by atoms with Crippen LogP contribution in [0, 0.1) is 0 Å². The number of nitrogens with one attached hydrogen (secondary N) is 1. The van der Waals surface area contributed by atoms with Crippen LogP contribution in [0.1, 0.15) is 11.3 Å². The number of halogens is 2. The zero-order valence-corrected chi connectivity index (χ0v) is 9.05. The Bertz CT molecular complexity index is 227. The van der Waals surface area contributed by atoms with E-state index in [0.29, 0.717) is 6.42 Å². The van der Waals surface area contributed by atoms with Crippen molar-refractivity contribution in [3.05, 3.63) is 20.8 Å². The zero-order chi connectivity index (χ0) is 8.81. The summed E-state index contributed by atoms with van der Waals surface area (Å²) in [5.41, 5.74) is 0. The van der Waals surface area contributed by atoms with E-state index in [0.717, 1.165) is 17.6 Å². The van der Waals surface area contributed by atoms with Gasteiger partial charge in [0.05, 0.1) is 6.67 Å². The topological polar surface area (TPSA) is 12.0 Å². The molecule has 0 bridgehead atoms. The van der Waals surface area contributed by atoms with Crippen LogP contribution in [0.5, 0.6) is 0 Å². The number of hydrogen-bond donors (Lipinski definition) is 1. The molecule has 1 aromatic heterocycles. The molecule has 0 spiro atoms. The molecule has 0 aromatic carbocycles. The van der Waals surface area contributed by atoms with E-state index in [1.54, 1.807) is 11.3 Å². The molecule has 68 valence electrons. The van der Waals surface area contributed by atoms with E-state index < -0.39 is 0 Å². The van der Waals surface area contributed by atoms with Crippen molar-refractivity contribution in [2.45, 2.75) is 13.0 Å². The molecular weight excluding hydrogens is 241 g/mol. The Morgan fingerprint density at radius 1 is 1.58 bits per heavy atom. The molecule has 0 fully saturated rings. The molecule has 0 amide bonds. The molecule has 0 radical (unpaired) electrons. The highest BCUT2D eigenvalue weighted by molar-refractivity contribution is 9.10. The van der Waals surface area contributed by atoms with E-state index in [1.807, 2.05) is 11.4 Å². The van der Waals surface area contributed by atoms with Crippen LogP contribution in [0.3, 0.4) is 0 Å². The first-order valence-corrected chi connectivity index (χ1v) is 5.50. The third-order valence-corrected chi connectivity index (χ3v) is 3.39. The third kappa shape index (κ3) is 3.21. The summed E-state index contributed by atoms with van der Waals surface area (Å²) in [5.74, 6) is 0. The highest BCUT2D eigenvalue weighted by atomic mass is 79.9. The molecule has 1 aromatic rings. The van der Waals surface area contributed by atoms with Gasteiger partial charge in [-0.25, -0.2) is 0 Å². The van der Waals surface area contributed by atoms with Gasteiger partial charge >= 0.3 is 0 Å². The van der Waals surface area contributed by atoms with Crippen LogP contribution in [0.4, 0.5) is 4.39 Å². The molecule has 1 heterocycles. The Balaban J connectivity index is 2.20. The van der Waals surface area contributed by atoms with Crippen molar-refractivity contribution < 1.29 is 4.39 Å². The van der Waals surface area contributed by atoms with Gasteiger partial charge in [0.25, 0.3) is 0 Å². The summed E-state index contributed by atoms with van der Waals surface area (Å²) < 4.78 is 12.8. The third-order valence-electron chi connectivity index (χ3n) is 1.46. The van der Waals surface area contributed by atoms with Gasteiger partial charge < -0.3 is 5.32 Å². The van der Waals surface area contributed by atoms with Crippen LogP contribution in [0.2, 0.25) is 0 Å². The molecule has 0 saturated carbocycles. The number of thiophene rings is 1. The van der Waals surface area contributed by atoms with Gasteiger partial charge in [-0.2, -0.15) is 0 Å². The van der Waals surface area contributed by atoms with Gasteiger partial charge in [-0.05, 0) is 40.3 Å². The van der Waals surface area contributed by atoms with Crippen LogP contribution in [0.15, 0.2) is 15.9 Å². The quantitative estimate of drug-likeness (QED) is 0.794. The SMILES string of the molecule is FCCCNCc1sccc1Br. The lowest BCUT2D eigenvalue weighted by Crippen LogP contribution is -2.14. The lowest BCUT2D eigenvalue weighted by molar-refractivity contribution is 0.459. The summed E-state index contributed by atoms with van der Waals surface area (Å²) in [6.07, 6.45) is 0.600. The average molecular weight is 252 g/mol. The fraction of sp³-hybridized carbons (Fsp3) is 0.500. The summed E-state index contributed by atoms with van der Waals surface area (Å²) in [6, 6.07) is 2.02. The second-order valence-corrected chi connectivity index (χ2v) is 4.27. The maximum atomic E-state index is 11.7. The van der Waals surface area contributed by atoms with Crippen molar-refractivity contribution in [2.24, 2.45) is 0 Å². The lowest BCUT2D eigenvalue weighted by Gasteiger charge is -2.00. The maximum Gasteiger partial charge on any atom is 0.0906 e. The summed E-state index contributed by atoms with van der Waals surface area (Å²) >= 11 is 5.14. The summed E-state index contributed by atoms with van der Waals surface area (Å²) in [5, 5.41) is 5.21. The first kappa shape index (κ1) is 10.2. The largest absolute Gasteiger partial charge is 0.312 e. The predicted octanol–water partition coefficient (Wildman–Crippen LogP) is 2.96. The average Bonchev–Trinajstić information content (AvgIpc) is 2.46. The minimum Gasteiger partial charge on any atom is -0.312 e. The fourth-order valence-corrected chi connectivity index (χ4v) is 2.31. The summed E-state index contributed by atoms with van der Waals surface area (Å²) in [6.45, 7) is 1.34. The second-order valence-electron chi connectivity index (χ2n) is 2.41. The van der Waals surface area contributed by atoms with Crippen LogP contribution in [0.25, 0.3) is 0 Å². The molecule has 4 heteroatoms. The van der Waals surface area contributed by atoms with Crippen molar-refractivity contribution in [2.75, 3.05) is 13.2 Å². The number of rotatable bonds is 5. The van der Waals surface area contributed by atoms with Gasteiger partial charge in [0, 0.05) is 15.9 Å². The molecule has 0 aliphatic carbocycles. The van der Waals surface area contributed by atoms with Crippen molar-refractivity contribution in [3.63, 3.8) is 0 Å². The lowest BCUT2D eigenvalue weighted by atomic mass is 10.4. The standard InChI is InChI=1S/C8H11BrFNS/c9-7-2-5-12-8(7)6-11-4-1-3-10/h2,5,11H,1,3-4,6H2. The Morgan fingerprint density at radius 2 is 2.42 bits per heavy atom. The molecule has 1 rings (SSSR count). The van der Waals surface area contributed by atoms with Gasteiger partial charge in [0.15, 0.2) is 0 Å². The smallest absolute Gasteiger partial charge is 0.0906 e. The molecule has 1 nitrogen and oxygen atoms in total. The monoisotopic (exact) mass is 251 g/mol. The van der Waals surface area contributed by atoms with Crippen LogP contribution in [-0.4, -0.2) is 13.2 Å². The zero-order valence-electron chi connectivity index (χ0n) is 6.65. The normalized spacial score (nSPS) is 10.5. The van der Waals surface area contributed by atoms with Crippen molar-refractivity contribution in [1.82, 2.24) is 5.32 Å². The van der Waals surface area contributed by atoms with Gasteiger partial charge in [0.1, 0.15) is 0 Å². The Labute approximate surface area is 84.1 Å².